The van der Waals surface area contributed by atoms with Crippen LogP contribution in [0, 0.1) is 40.4 Å². The Morgan fingerprint density at radius 2 is 1.53 bits per heavy atom. The fourth-order valence-corrected chi connectivity index (χ4v) is 12.7. The van der Waals surface area contributed by atoms with Gasteiger partial charge in [0.05, 0.1) is 17.6 Å². The number of hydrogen-bond acceptors (Lipinski definition) is 3. The first kappa shape index (κ1) is 37.5. The Balaban J connectivity index is 1.43. The summed E-state index contributed by atoms with van der Waals surface area (Å²) < 4.78 is 21.2. The van der Waals surface area contributed by atoms with E-state index in [0.29, 0.717) is 29.5 Å². The van der Waals surface area contributed by atoms with Crippen molar-refractivity contribution >= 4 is 16.6 Å². The molecule has 47 heavy (non-hydrogen) atoms. The average Bonchev–Trinajstić information content (AvgIpc) is 3.25. The van der Waals surface area contributed by atoms with Gasteiger partial charge >= 0.3 is 0 Å². The molecule has 0 aromatic carbocycles. The third-order valence-corrected chi connectivity index (χ3v) is 19.4. The van der Waals surface area contributed by atoms with Crippen LogP contribution in [0.4, 0.5) is 0 Å². The molecular formula is C42H74O3Si2. The highest BCUT2D eigenvalue weighted by Gasteiger charge is 2.60. The monoisotopic (exact) mass is 683 g/mol. The van der Waals surface area contributed by atoms with Crippen LogP contribution in [0.1, 0.15) is 139 Å². The van der Waals surface area contributed by atoms with Gasteiger partial charge in [0.25, 0.3) is 0 Å². The van der Waals surface area contributed by atoms with Crippen molar-refractivity contribution in [2.75, 3.05) is 0 Å². The summed E-state index contributed by atoms with van der Waals surface area (Å²) >= 11 is 0. The summed E-state index contributed by atoms with van der Waals surface area (Å²) in [5, 5.41) is 0.263. The molecule has 0 heterocycles. The first-order chi connectivity index (χ1) is 21.7. The maximum atomic E-state index is 7.16. The van der Waals surface area contributed by atoms with Crippen LogP contribution in [0.15, 0.2) is 34.8 Å². The van der Waals surface area contributed by atoms with Crippen molar-refractivity contribution in [3.05, 3.63) is 34.8 Å². The minimum atomic E-state index is -1.79. The maximum absolute atomic E-state index is 7.16. The van der Waals surface area contributed by atoms with Crippen LogP contribution in [0.5, 0.6) is 0 Å². The van der Waals surface area contributed by atoms with Crippen LogP contribution in [0.2, 0.25) is 37.8 Å². The number of hydrogen-bond donors (Lipinski definition) is 0. The fourth-order valence-electron chi connectivity index (χ4n) is 10.4. The van der Waals surface area contributed by atoms with Crippen LogP contribution in [-0.2, 0) is 13.6 Å². The molecule has 3 fully saturated rings. The Hall–Kier alpha value is -0.786. The predicted octanol–water partition coefficient (Wildman–Crippen LogP) is 13.0. The molecular weight excluding hydrogens is 609 g/mol. The van der Waals surface area contributed by atoms with Crippen LogP contribution in [0.3, 0.4) is 0 Å². The van der Waals surface area contributed by atoms with Gasteiger partial charge in [-0.3, -0.25) is 0 Å². The molecule has 0 aromatic rings. The molecule has 5 rings (SSSR count). The molecule has 268 valence electrons. The molecule has 0 unspecified atom stereocenters. The molecule has 5 aliphatic rings. The summed E-state index contributed by atoms with van der Waals surface area (Å²) in [6.45, 7) is 31.6. The van der Waals surface area contributed by atoms with Crippen LogP contribution in [0.25, 0.3) is 0 Å². The molecule has 0 amide bonds. The molecule has 0 saturated heterocycles. The van der Waals surface area contributed by atoms with Gasteiger partial charge in [0, 0.05) is 18.4 Å². The first-order valence-electron chi connectivity index (χ1n) is 19.9. The largest absolute Gasteiger partial charge is 0.547 e. The van der Waals surface area contributed by atoms with Crippen molar-refractivity contribution in [2.45, 2.75) is 189 Å². The topological polar surface area (TPSA) is 27.7 Å². The second-order valence-electron chi connectivity index (χ2n) is 20.0. The smallest absolute Gasteiger partial charge is 0.241 e. The molecule has 7 atom stereocenters. The third kappa shape index (κ3) is 7.77. The second-order valence-corrected chi connectivity index (χ2v) is 29.2. The summed E-state index contributed by atoms with van der Waals surface area (Å²) in [5.41, 5.74) is 3.83. The molecule has 0 aliphatic heterocycles. The molecule has 0 bridgehead atoms. The lowest BCUT2D eigenvalue weighted by Crippen LogP contribution is -2.51. The summed E-state index contributed by atoms with van der Waals surface area (Å²) in [6, 6.07) is 0. The van der Waals surface area contributed by atoms with E-state index in [0.717, 1.165) is 31.1 Å². The average molecular weight is 683 g/mol. The van der Waals surface area contributed by atoms with Gasteiger partial charge in [0.2, 0.25) is 8.32 Å². The highest BCUT2D eigenvalue weighted by molar-refractivity contribution is 6.74. The lowest BCUT2D eigenvalue weighted by atomic mass is 9.47. The van der Waals surface area contributed by atoms with Crippen LogP contribution in [-0.4, -0.2) is 28.8 Å². The quantitative estimate of drug-likeness (QED) is 0.130. The van der Waals surface area contributed by atoms with Gasteiger partial charge in [0.15, 0.2) is 8.32 Å². The van der Waals surface area contributed by atoms with Crippen LogP contribution < -0.4 is 0 Å². The van der Waals surface area contributed by atoms with E-state index >= 15 is 0 Å². The van der Waals surface area contributed by atoms with Gasteiger partial charge in [-0.1, -0.05) is 73.5 Å². The fraction of sp³-hybridized carbons (Fsp3) is 0.857. The van der Waals surface area contributed by atoms with E-state index in [4.69, 9.17) is 13.6 Å². The van der Waals surface area contributed by atoms with E-state index in [1.165, 1.54) is 75.7 Å². The Bertz CT molecular complexity index is 1210. The molecule has 5 heteroatoms. The second kappa shape index (κ2) is 13.7. The van der Waals surface area contributed by atoms with Gasteiger partial charge < -0.3 is 13.6 Å². The van der Waals surface area contributed by atoms with Crippen molar-refractivity contribution in [3.8, 4) is 0 Å². The summed E-state index contributed by atoms with van der Waals surface area (Å²) in [5.74, 6) is 5.67. The summed E-state index contributed by atoms with van der Waals surface area (Å²) in [6.07, 6.45) is 22.1. The standard InChI is InChI=1S/C42H74O3Si2/c1-29(2)19-22-37(43-32-17-15-14-16-18-32)30(3)39-38(45-46(9,10)11)28-36-34-21-20-31-27-33(44-47(12,13)40(4,5)6)23-25-41(31,7)35(34)24-26-42(36,39)8/h20,22,29-30,32-36H,14-19,21,23-28H2,1-13H3/b37-22-/t30-,33-,34+,35-,36-,41-,42-/m0/s1. The van der Waals surface area contributed by atoms with E-state index in [9.17, 15) is 0 Å². The Morgan fingerprint density at radius 3 is 2.15 bits per heavy atom. The minimum absolute atomic E-state index is 0.173. The van der Waals surface area contributed by atoms with E-state index < -0.39 is 16.6 Å². The zero-order chi connectivity index (χ0) is 34.6. The van der Waals surface area contributed by atoms with Crippen molar-refractivity contribution in [1.29, 1.82) is 0 Å². The van der Waals surface area contributed by atoms with Gasteiger partial charge in [-0.2, -0.15) is 0 Å². The molecule has 3 nitrogen and oxygen atoms in total. The molecule has 0 N–H and O–H groups in total. The predicted molar refractivity (Wildman–Crippen MR) is 205 cm³/mol. The third-order valence-electron chi connectivity index (χ3n) is 14.0. The highest BCUT2D eigenvalue weighted by Crippen LogP contribution is 2.67. The summed E-state index contributed by atoms with van der Waals surface area (Å²) in [4.78, 5) is 0. The van der Waals surface area contributed by atoms with E-state index in [-0.39, 0.29) is 16.4 Å². The van der Waals surface area contributed by atoms with E-state index in [2.05, 4.69) is 100 Å². The Kier molecular flexibility index (Phi) is 11.0. The molecule has 0 spiro atoms. The van der Waals surface area contributed by atoms with Crippen molar-refractivity contribution < 1.29 is 13.6 Å². The van der Waals surface area contributed by atoms with E-state index in [1.807, 2.05) is 0 Å². The van der Waals surface area contributed by atoms with Crippen molar-refractivity contribution in [2.24, 2.45) is 40.4 Å². The van der Waals surface area contributed by atoms with Crippen molar-refractivity contribution in [1.82, 2.24) is 0 Å². The minimum Gasteiger partial charge on any atom is -0.547 e. The lowest BCUT2D eigenvalue weighted by molar-refractivity contribution is -0.0317. The van der Waals surface area contributed by atoms with Gasteiger partial charge in [0.1, 0.15) is 0 Å². The highest BCUT2D eigenvalue weighted by atomic mass is 28.4. The SMILES string of the molecule is CC(C)C/C=C(\OC1CCCCC1)[C@H](C)C1=C(O[Si](C)(C)C)C[C@H]2[C@@H]3CC=C4C[C@@H](O[Si](C)(C)C(C)(C)C)CC[C@]4(C)[C@H]3CC[C@]12C. The number of ether oxygens (including phenoxy) is 1. The van der Waals surface area contributed by atoms with Crippen LogP contribution >= 0.6 is 0 Å². The lowest BCUT2D eigenvalue weighted by Gasteiger charge is -2.58. The molecule has 0 aromatic heterocycles. The van der Waals surface area contributed by atoms with Gasteiger partial charge in [-0.05, 0) is 155 Å². The van der Waals surface area contributed by atoms with Gasteiger partial charge in [-0.15, -0.1) is 0 Å². The first-order valence-corrected chi connectivity index (χ1v) is 26.2. The summed E-state index contributed by atoms with van der Waals surface area (Å²) in [7, 11) is -3.56. The Labute approximate surface area is 293 Å². The number of fused-ring (bicyclic) bond motifs is 5. The molecule has 5 aliphatic carbocycles. The zero-order valence-electron chi connectivity index (χ0n) is 33.1. The normalized spacial score (nSPS) is 34.9. The van der Waals surface area contributed by atoms with E-state index in [1.54, 1.807) is 11.1 Å². The van der Waals surface area contributed by atoms with Gasteiger partial charge in [-0.25, -0.2) is 0 Å². The molecule has 0 radical (unpaired) electrons. The number of allylic oxidation sites excluding steroid dienone is 4. The molecule has 3 saturated carbocycles. The zero-order valence-corrected chi connectivity index (χ0v) is 35.1. The van der Waals surface area contributed by atoms with Crippen molar-refractivity contribution in [3.63, 3.8) is 0 Å². The number of rotatable bonds is 10. The maximum Gasteiger partial charge on any atom is 0.241 e. The Morgan fingerprint density at radius 1 is 0.872 bits per heavy atom.